The molecule has 3 rings (SSSR count). The third-order valence-corrected chi connectivity index (χ3v) is 3.35. The molecule has 0 spiro atoms. The van der Waals surface area contributed by atoms with Crippen molar-refractivity contribution in [1.29, 1.82) is 0 Å². The van der Waals surface area contributed by atoms with Gasteiger partial charge < -0.3 is 4.74 Å². The zero-order chi connectivity index (χ0) is 12.5. The van der Waals surface area contributed by atoms with Crippen molar-refractivity contribution in [2.75, 3.05) is 7.11 Å². The van der Waals surface area contributed by atoms with E-state index in [1.807, 2.05) is 53.4 Å². The van der Waals surface area contributed by atoms with Crippen molar-refractivity contribution in [2.24, 2.45) is 0 Å². The SMILES string of the molecule is COc1ccccc1-n1cnc2cc(Br)ccc21. The number of ether oxygens (including phenoxy) is 1. The molecule has 0 atom stereocenters. The van der Waals surface area contributed by atoms with E-state index in [-0.39, 0.29) is 0 Å². The number of hydrogen-bond donors (Lipinski definition) is 0. The predicted molar refractivity (Wildman–Crippen MR) is 75.3 cm³/mol. The number of fused-ring (bicyclic) bond motifs is 1. The summed E-state index contributed by atoms with van der Waals surface area (Å²) >= 11 is 3.45. The van der Waals surface area contributed by atoms with Crippen LogP contribution in [0, 0.1) is 0 Å². The van der Waals surface area contributed by atoms with Crippen molar-refractivity contribution < 1.29 is 4.74 Å². The van der Waals surface area contributed by atoms with Crippen LogP contribution in [0.15, 0.2) is 53.3 Å². The van der Waals surface area contributed by atoms with Crippen LogP contribution < -0.4 is 4.74 Å². The number of para-hydroxylation sites is 2. The number of rotatable bonds is 2. The maximum Gasteiger partial charge on any atom is 0.142 e. The van der Waals surface area contributed by atoms with E-state index in [4.69, 9.17) is 4.74 Å². The minimum absolute atomic E-state index is 0.833. The Balaban J connectivity index is 2.26. The lowest BCUT2D eigenvalue weighted by molar-refractivity contribution is 0.413. The van der Waals surface area contributed by atoms with Gasteiger partial charge in [0, 0.05) is 4.47 Å². The molecule has 1 heterocycles. The smallest absolute Gasteiger partial charge is 0.142 e. The average Bonchev–Trinajstić information content (AvgIpc) is 2.81. The summed E-state index contributed by atoms with van der Waals surface area (Å²) in [6.45, 7) is 0. The second-order valence-corrected chi connectivity index (χ2v) is 4.84. The molecule has 0 saturated carbocycles. The third kappa shape index (κ3) is 1.78. The van der Waals surface area contributed by atoms with Gasteiger partial charge >= 0.3 is 0 Å². The predicted octanol–water partition coefficient (Wildman–Crippen LogP) is 3.80. The Labute approximate surface area is 113 Å². The van der Waals surface area contributed by atoms with Crippen LogP contribution in [-0.4, -0.2) is 16.7 Å². The van der Waals surface area contributed by atoms with Gasteiger partial charge in [0.25, 0.3) is 0 Å². The topological polar surface area (TPSA) is 27.1 Å². The van der Waals surface area contributed by atoms with E-state index < -0.39 is 0 Å². The molecule has 0 aliphatic carbocycles. The first-order chi connectivity index (χ1) is 8.79. The first kappa shape index (κ1) is 11.3. The summed E-state index contributed by atoms with van der Waals surface area (Å²) in [5.74, 6) is 0.833. The fourth-order valence-corrected chi connectivity index (χ4v) is 2.36. The van der Waals surface area contributed by atoms with E-state index in [0.29, 0.717) is 0 Å². The molecular weight excluding hydrogens is 292 g/mol. The molecule has 0 fully saturated rings. The molecule has 0 saturated heterocycles. The van der Waals surface area contributed by atoms with Crippen LogP contribution in [0.2, 0.25) is 0 Å². The van der Waals surface area contributed by atoms with Gasteiger partial charge in [0.2, 0.25) is 0 Å². The lowest BCUT2D eigenvalue weighted by Crippen LogP contribution is -1.96. The van der Waals surface area contributed by atoms with Crippen molar-refractivity contribution in [2.45, 2.75) is 0 Å². The summed E-state index contributed by atoms with van der Waals surface area (Å²) in [6, 6.07) is 14.0. The summed E-state index contributed by atoms with van der Waals surface area (Å²) in [5, 5.41) is 0. The maximum absolute atomic E-state index is 5.38. The first-order valence-electron chi connectivity index (χ1n) is 5.55. The summed E-state index contributed by atoms with van der Waals surface area (Å²) in [6.07, 6.45) is 1.81. The van der Waals surface area contributed by atoms with Crippen LogP contribution in [0.4, 0.5) is 0 Å². The molecule has 2 aromatic carbocycles. The van der Waals surface area contributed by atoms with Crippen LogP contribution in [-0.2, 0) is 0 Å². The Morgan fingerprint density at radius 1 is 1.17 bits per heavy atom. The van der Waals surface area contributed by atoms with E-state index in [1.54, 1.807) is 7.11 Å². The van der Waals surface area contributed by atoms with Crippen molar-refractivity contribution in [3.8, 4) is 11.4 Å². The van der Waals surface area contributed by atoms with Crippen LogP contribution in [0.1, 0.15) is 0 Å². The second kappa shape index (κ2) is 4.46. The normalized spacial score (nSPS) is 10.8. The molecule has 0 bridgehead atoms. The van der Waals surface area contributed by atoms with E-state index in [9.17, 15) is 0 Å². The lowest BCUT2D eigenvalue weighted by Gasteiger charge is -2.09. The van der Waals surface area contributed by atoms with Crippen LogP contribution in [0.25, 0.3) is 16.7 Å². The highest BCUT2D eigenvalue weighted by atomic mass is 79.9. The van der Waals surface area contributed by atoms with Crippen LogP contribution in [0.3, 0.4) is 0 Å². The molecule has 0 unspecified atom stereocenters. The highest BCUT2D eigenvalue weighted by molar-refractivity contribution is 9.10. The third-order valence-electron chi connectivity index (χ3n) is 2.85. The van der Waals surface area contributed by atoms with Gasteiger partial charge in [0.1, 0.15) is 12.1 Å². The summed E-state index contributed by atoms with van der Waals surface area (Å²) < 4.78 is 8.44. The molecule has 18 heavy (non-hydrogen) atoms. The Morgan fingerprint density at radius 2 is 2.00 bits per heavy atom. The van der Waals surface area contributed by atoms with Gasteiger partial charge in [-0.2, -0.15) is 0 Å². The molecule has 1 aromatic heterocycles. The molecule has 4 heteroatoms. The molecule has 0 aliphatic rings. The van der Waals surface area contributed by atoms with E-state index in [0.717, 1.165) is 26.9 Å². The zero-order valence-electron chi connectivity index (χ0n) is 9.80. The lowest BCUT2D eigenvalue weighted by atomic mass is 10.2. The molecular formula is C14H11BrN2O. The van der Waals surface area contributed by atoms with Crippen molar-refractivity contribution in [3.63, 3.8) is 0 Å². The highest BCUT2D eigenvalue weighted by Gasteiger charge is 2.08. The molecule has 0 amide bonds. The van der Waals surface area contributed by atoms with E-state index in [1.165, 1.54) is 0 Å². The molecule has 3 nitrogen and oxygen atoms in total. The fraction of sp³-hybridized carbons (Fsp3) is 0.0714. The molecule has 90 valence electrons. The number of methoxy groups -OCH3 is 1. The van der Waals surface area contributed by atoms with Gasteiger partial charge in [0.05, 0.1) is 23.8 Å². The summed E-state index contributed by atoms with van der Waals surface area (Å²) in [4.78, 5) is 4.41. The van der Waals surface area contributed by atoms with Crippen LogP contribution in [0.5, 0.6) is 5.75 Å². The fourth-order valence-electron chi connectivity index (χ4n) is 2.01. The van der Waals surface area contributed by atoms with Gasteiger partial charge in [-0.25, -0.2) is 4.98 Å². The monoisotopic (exact) mass is 302 g/mol. The zero-order valence-corrected chi connectivity index (χ0v) is 11.4. The summed E-state index contributed by atoms with van der Waals surface area (Å²) in [7, 11) is 1.68. The Bertz CT molecular complexity index is 706. The van der Waals surface area contributed by atoms with Crippen molar-refractivity contribution in [3.05, 3.63) is 53.3 Å². The van der Waals surface area contributed by atoms with Gasteiger partial charge in [-0.1, -0.05) is 28.1 Å². The Kier molecular flexibility index (Phi) is 2.80. The number of halogens is 1. The minimum Gasteiger partial charge on any atom is -0.495 e. The minimum atomic E-state index is 0.833. The van der Waals surface area contributed by atoms with Crippen molar-refractivity contribution >= 4 is 27.0 Å². The maximum atomic E-state index is 5.38. The Hall–Kier alpha value is -1.81. The van der Waals surface area contributed by atoms with Crippen molar-refractivity contribution in [1.82, 2.24) is 9.55 Å². The standard InChI is InChI=1S/C14H11BrN2O/c1-18-14-5-3-2-4-13(14)17-9-16-11-8-10(15)6-7-12(11)17/h2-9H,1H3. The largest absolute Gasteiger partial charge is 0.495 e. The summed E-state index contributed by atoms with van der Waals surface area (Å²) in [5.41, 5.74) is 3.00. The van der Waals surface area contributed by atoms with E-state index in [2.05, 4.69) is 20.9 Å². The molecule has 0 aliphatic heterocycles. The number of imidazole rings is 1. The quantitative estimate of drug-likeness (QED) is 0.720. The first-order valence-corrected chi connectivity index (χ1v) is 6.35. The highest BCUT2D eigenvalue weighted by Crippen LogP contribution is 2.27. The molecule has 0 radical (unpaired) electrons. The van der Waals surface area contributed by atoms with Gasteiger partial charge in [-0.3, -0.25) is 4.57 Å². The number of hydrogen-bond acceptors (Lipinski definition) is 2. The molecule has 0 N–H and O–H groups in total. The second-order valence-electron chi connectivity index (χ2n) is 3.92. The van der Waals surface area contributed by atoms with Gasteiger partial charge in [-0.15, -0.1) is 0 Å². The Morgan fingerprint density at radius 3 is 2.83 bits per heavy atom. The van der Waals surface area contributed by atoms with Gasteiger partial charge in [-0.05, 0) is 30.3 Å². The number of benzene rings is 2. The van der Waals surface area contributed by atoms with Crippen LogP contribution >= 0.6 is 15.9 Å². The van der Waals surface area contributed by atoms with Gasteiger partial charge in [0.15, 0.2) is 0 Å². The average molecular weight is 303 g/mol. The van der Waals surface area contributed by atoms with E-state index >= 15 is 0 Å². The number of aromatic nitrogens is 2. The molecule has 3 aromatic rings. The number of nitrogens with zero attached hydrogens (tertiary/aromatic N) is 2.